The van der Waals surface area contributed by atoms with E-state index in [0.29, 0.717) is 29.6 Å². The van der Waals surface area contributed by atoms with Gasteiger partial charge in [-0.15, -0.1) is 0 Å². The molecule has 0 aliphatic heterocycles. The normalized spacial score (nSPS) is 10.7. The summed E-state index contributed by atoms with van der Waals surface area (Å²) in [7, 11) is 1.61. The molecule has 9 heteroatoms. The zero-order chi connectivity index (χ0) is 25.3. The molecule has 0 spiro atoms. The van der Waals surface area contributed by atoms with Crippen LogP contribution >= 0.6 is 0 Å². The van der Waals surface area contributed by atoms with Crippen molar-refractivity contribution in [3.8, 4) is 11.7 Å². The standard InChI is InChI=1S/C27H22FN3O5/c1-34-23-11-5-18(6-12-23)17-35-25-14-13-24(36-25)16-29-31-27(33)20-3-2-4-22(15-20)30-26(32)19-7-9-21(28)10-8-19/h2-16H,17H2,1H3,(H,30,32)(H,31,33)/b29-16+. The Balaban J connectivity index is 1.29. The van der Waals surface area contributed by atoms with Crippen LogP contribution in [0.1, 0.15) is 32.0 Å². The van der Waals surface area contributed by atoms with Gasteiger partial charge in [-0.25, -0.2) is 9.82 Å². The SMILES string of the molecule is COc1ccc(COc2ccc(/C=N/NC(=O)c3cccc(NC(=O)c4ccc(F)cc4)c3)o2)cc1. The van der Waals surface area contributed by atoms with Gasteiger partial charge in [-0.1, -0.05) is 18.2 Å². The zero-order valence-corrected chi connectivity index (χ0v) is 19.2. The predicted molar refractivity (Wildman–Crippen MR) is 132 cm³/mol. The van der Waals surface area contributed by atoms with Crippen molar-refractivity contribution in [1.29, 1.82) is 0 Å². The number of nitrogens with zero attached hydrogens (tertiary/aromatic N) is 1. The fourth-order valence-corrected chi connectivity index (χ4v) is 3.12. The molecule has 1 heterocycles. The van der Waals surface area contributed by atoms with E-state index in [1.807, 2.05) is 24.3 Å². The highest BCUT2D eigenvalue weighted by molar-refractivity contribution is 6.05. The van der Waals surface area contributed by atoms with Gasteiger partial charge in [-0.3, -0.25) is 9.59 Å². The number of furan rings is 1. The van der Waals surface area contributed by atoms with Gasteiger partial charge >= 0.3 is 0 Å². The van der Waals surface area contributed by atoms with Crippen LogP contribution in [-0.4, -0.2) is 25.1 Å². The Bertz CT molecular complexity index is 1360. The molecule has 0 radical (unpaired) electrons. The number of anilines is 1. The summed E-state index contributed by atoms with van der Waals surface area (Å²) in [6.07, 6.45) is 1.35. The highest BCUT2D eigenvalue weighted by Crippen LogP contribution is 2.18. The van der Waals surface area contributed by atoms with E-state index in [1.54, 1.807) is 37.4 Å². The molecule has 1 aromatic heterocycles. The van der Waals surface area contributed by atoms with Crippen LogP contribution in [0.2, 0.25) is 0 Å². The molecule has 3 aromatic carbocycles. The van der Waals surface area contributed by atoms with Gasteiger partial charge < -0.3 is 19.2 Å². The van der Waals surface area contributed by atoms with E-state index >= 15 is 0 Å². The number of ether oxygens (including phenoxy) is 2. The summed E-state index contributed by atoms with van der Waals surface area (Å²) in [5, 5.41) is 6.58. The highest BCUT2D eigenvalue weighted by atomic mass is 19.1. The number of benzene rings is 3. The first-order chi connectivity index (χ1) is 17.5. The molecular weight excluding hydrogens is 465 g/mol. The van der Waals surface area contributed by atoms with Gasteiger partial charge in [0.1, 0.15) is 18.2 Å². The zero-order valence-electron chi connectivity index (χ0n) is 19.2. The maximum Gasteiger partial charge on any atom is 0.285 e. The van der Waals surface area contributed by atoms with E-state index in [-0.39, 0.29) is 5.56 Å². The molecular formula is C27H22FN3O5. The molecule has 0 fully saturated rings. The van der Waals surface area contributed by atoms with Gasteiger partial charge in [0.2, 0.25) is 0 Å². The van der Waals surface area contributed by atoms with Crippen molar-refractivity contribution in [3.05, 3.63) is 113 Å². The lowest BCUT2D eigenvalue weighted by Crippen LogP contribution is -2.18. The first-order valence-corrected chi connectivity index (χ1v) is 10.9. The number of halogens is 1. The Kier molecular flexibility index (Phi) is 7.72. The van der Waals surface area contributed by atoms with Gasteiger partial charge in [-0.2, -0.15) is 5.10 Å². The van der Waals surface area contributed by atoms with Crippen LogP contribution in [0.4, 0.5) is 10.1 Å². The third-order valence-electron chi connectivity index (χ3n) is 4.99. The topological polar surface area (TPSA) is 102 Å². The van der Waals surface area contributed by atoms with E-state index < -0.39 is 17.6 Å². The number of methoxy groups -OCH3 is 1. The van der Waals surface area contributed by atoms with Crippen LogP contribution in [0, 0.1) is 5.82 Å². The van der Waals surface area contributed by atoms with E-state index in [2.05, 4.69) is 15.8 Å². The van der Waals surface area contributed by atoms with E-state index in [4.69, 9.17) is 13.9 Å². The summed E-state index contributed by atoms with van der Waals surface area (Å²) < 4.78 is 29.3. The van der Waals surface area contributed by atoms with Gasteiger partial charge in [0.05, 0.1) is 13.3 Å². The third kappa shape index (κ3) is 6.57. The lowest BCUT2D eigenvalue weighted by molar-refractivity contribution is 0.0953. The van der Waals surface area contributed by atoms with E-state index in [0.717, 1.165) is 11.3 Å². The second kappa shape index (κ2) is 11.5. The minimum atomic E-state index is -0.480. The molecule has 36 heavy (non-hydrogen) atoms. The number of hydrazone groups is 1. The number of carbonyl (C=O) groups is 2. The minimum absolute atomic E-state index is 0.284. The predicted octanol–water partition coefficient (Wildman–Crippen LogP) is 5.02. The molecule has 0 aliphatic rings. The van der Waals surface area contributed by atoms with Crippen molar-refractivity contribution in [1.82, 2.24) is 5.43 Å². The maximum absolute atomic E-state index is 13.0. The molecule has 2 amide bonds. The van der Waals surface area contributed by atoms with Crippen LogP contribution in [-0.2, 0) is 6.61 Å². The fourth-order valence-electron chi connectivity index (χ4n) is 3.12. The molecule has 0 saturated heterocycles. The van der Waals surface area contributed by atoms with Crippen molar-refractivity contribution in [2.45, 2.75) is 6.61 Å². The number of carbonyl (C=O) groups excluding carboxylic acids is 2. The summed E-state index contributed by atoms with van der Waals surface area (Å²) in [6.45, 7) is 0.318. The average Bonchev–Trinajstić information content (AvgIpc) is 3.36. The molecule has 0 aliphatic carbocycles. The Morgan fingerprint density at radius 3 is 2.47 bits per heavy atom. The lowest BCUT2D eigenvalue weighted by Gasteiger charge is -2.07. The number of nitrogens with one attached hydrogen (secondary N) is 2. The summed E-state index contributed by atoms with van der Waals surface area (Å²) in [5.41, 5.74) is 4.34. The summed E-state index contributed by atoms with van der Waals surface area (Å²) in [4.78, 5) is 24.8. The number of rotatable bonds is 9. The molecule has 2 N–H and O–H groups in total. The van der Waals surface area contributed by atoms with Crippen molar-refractivity contribution >= 4 is 23.7 Å². The molecule has 0 saturated carbocycles. The van der Waals surface area contributed by atoms with Gasteiger partial charge in [0.25, 0.3) is 17.8 Å². The Labute approximate surface area is 206 Å². The average molecular weight is 487 g/mol. The number of hydrogen-bond donors (Lipinski definition) is 2. The van der Waals surface area contributed by atoms with Crippen LogP contribution in [0.3, 0.4) is 0 Å². The highest BCUT2D eigenvalue weighted by Gasteiger charge is 2.09. The summed E-state index contributed by atoms with van der Waals surface area (Å²) >= 11 is 0. The second-order valence-corrected chi connectivity index (χ2v) is 7.53. The van der Waals surface area contributed by atoms with Crippen molar-refractivity contribution in [2.75, 3.05) is 12.4 Å². The van der Waals surface area contributed by atoms with Crippen LogP contribution in [0.25, 0.3) is 0 Å². The quantitative estimate of drug-likeness (QED) is 0.255. The molecule has 0 unspecified atom stereocenters. The second-order valence-electron chi connectivity index (χ2n) is 7.53. The monoisotopic (exact) mass is 487 g/mol. The van der Waals surface area contributed by atoms with Crippen LogP contribution in [0.15, 0.2) is 94.4 Å². The molecule has 0 bridgehead atoms. The fraction of sp³-hybridized carbons (Fsp3) is 0.0741. The largest absolute Gasteiger partial charge is 0.497 e. The number of amides is 2. The third-order valence-corrected chi connectivity index (χ3v) is 4.99. The van der Waals surface area contributed by atoms with Gasteiger partial charge in [-0.05, 0) is 66.2 Å². The van der Waals surface area contributed by atoms with E-state index in [9.17, 15) is 14.0 Å². The Hall–Kier alpha value is -4.92. The lowest BCUT2D eigenvalue weighted by atomic mass is 10.1. The molecule has 4 rings (SSSR count). The first kappa shape index (κ1) is 24.2. The van der Waals surface area contributed by atoms with Gasteiger partial charge in [0, 0.05) is 22.9 Å². The Morgan fingerprint density at radius 1 is 0.944 bits per heavy atom. The smallest absolute Gasteiger partial charge is 0.285 e. The molecule has 8 nitrogen and oxygen atoms in total. The summed E-state index contributed by atoms with van der Waals surface area (Å²) in [5.74, 6) is 0.125. The molecule has 182 valence electrons. The molecule has 0 atom stereocenters. The Morgan fingerprint density at radius 2 is 1.72 bits per heavy atom. The van der Waals surface area contributed by atoms with Crippen molar-refractivity contribution < 1.29 is 27.9 Å². The van der Waals surface area contributed by atoms with Crippen molar-refractivity contribution in [3.63, 3.8) is 0 Å². The van der Waals surface area contributed by atoms with Crippen LogP contribution in [0.5, 0.6) is 11.7 Å². The maximum atomic E-state index is 13.0. The first-order valence-electron chi connectivity index (χ1n) is 10.9. The van der Waals surface area contributed by atoms with Crippen molar-refractivity contribution in [2.24, 2.45) is 5.10 Å². The van der Waals surface area contributed by atoms with Crippen LogP contribution < -0.4 is 20.2 Å². The molecule has 4 aromatic rings. The van der Waals surface area contributed by atoms with Gasteiger partial charge in [0.15, 0.2) is 5.76 Å². The van der Waals surface area contributed by atoms with E-state index in [1.165, 1.54) is 36.5 Å². The summed E-state index contributed by atoms with van der Waals surface area (Å²) in [6, 6.07) is 22.3. The minimum Gasteiger partial charge on any atom is -0.497 e. The number of hydrogen-bond acceptors (Lipinski definition) is 6.